The average Bonchev–Trinajstić information content (AvgIpc) is 3.07. The number of hydrogen-bond donors (Lipinski definition) is 1. The molecule has 2 N–H and O–H groups in total. The fraction of sp³-hybridized carbons (Fsp3) is 0.556. The molecule has 23 heavy (non-hydrogen) atoms. The molecule has 5 heteroatoms. The summed E-state index contributed by atoms with van der Waals surface area (Å²) < 4.78 is 0. The van der Waals surface area contributed by atoms with E-state index in [-0.39, 0.29) is 18.4 Å². The van der Waals surface area contributed by atoms with E-state index < -0.39 is 0 Å². The number of fused-ring (bicyclic) bond motifs is 1. The zero-order chi connectivity index (χ0) is 16.2. The van der Waals surface area contributed by atoms with Crippen molar-refractivity contribution in [1.82, 2.24) is 9.80 Å². The SMILES string of the molecule is NC(=O)CN(CC(=O)N1CCc2ccccc2C1)C1CCCC1. The van der Waals surface area contributed by atoms with E-state index in [4.69, 9.17) is 5.73 Å². The van der Waals surface area contributed by atoms with Crippen molar-refractivity contribution in [3.63, 3.8) is 0 Å². The smallest absolute Gasteiger partial charge is 0.237 e. The number of carbonyl (C=O) groups excluding carboxylic acids is 2. The van der Waals surface area contributed by atoms with Gasteiger partial charge in [-0.1, -0.05) is 37.1 Å². The minimum absolute atomic E-state index is 0.104. The van der Waals surface area contributed by atoms with Crippen molar-refractivity contribution >= 4 is 11.8 Å². The second kappa shape index (κ2) is 7.13. The first-order valence-electron chi connectivity index (χ1n) is 8.50. The van der Waals surface area contributed by atoms with Crippen LogP contribution in [-0.2, 0) is 22.6 Å². The summed E-state index contributed by atoms with van der Waals surface area (Å²) in [7, 11) is 0. The lowest BCUT2D eigenvalue weighted by atomic mass is 10.00. The number of nitrogens with two attached hydrogens (primary N) is 1. The zero-order valence-corrected chi connectivity index (χ0v) is 13.5. The Morgan fingerprint density at radius 2 is 1.83 bits per heavy atom. The molecule has 1 aromatic carbocycles. The summed E-state index contributed by atoms with van der Waals surface area (Å²) in [5, 5.41) is 0. The summed E-state index contributed by atoms with van der Waals surface area (Å²) in [6.07, 6.45) is 5.37. The molecule has 0 aromatic heterocycles. The van der Waals surface area contributed by atoms with Crippen LogP contribution in [-0.4, -0.2) is 47.3 Å². The number of nitrogens with zero attached hydrogens (tertiary/aromatic N) is 2. The maximum atomic E-state index is 12.7. The number of amides is 2. The van der Waals surface area contributed by atoms with Gasteiger partial charge in [-0.3, -0.25) is 14.5 Å². The van der Waals surface area contributed by atoms with E-state index in [1.165, 1.54) is 24.0 Å². The van der Waals surface area contributed by atoms with Gasteiger partial charge in [0.2, 0.25) is 11.8 Å². The molecular weight excluding hydrogens is 290 g/mol. The first-order chi connectivity index (χ1) is 11.1. The molecule has 2 aliphatic rings. The largest absolute Gasteiger partial charge is 0.369 e. The second-order valence-electron chi connectivity index (χ2n) is 6.64. The fourth-order valence-electron chi connectivity index (χ4n) is 3.77. The van der Waals surface area contributed by atoms with Gasteiger partial charge in [-0.25, -0.2) is 0 Å². The van der Waals surface area contributed by atoms with Gasteiger partial charge < -0.3 is 10.6 Å². The highest BCUT2D eigenvalue weighted by Crippen LogP contribution is 2.24. The van der Waals surface area contributed by atoms with Crippen molar-refractivity contribution in [2.45, 2.75) is 44.7 Å². The summed E-state index contributed by atoms with van der Waals surface area (Å²) in [5.41, 5.74) is 7.94. The molecule has 1 aromatic rings. The first kappa shape index (κ1) is 16.0. The van der Waals surface area contributed by atoms with Gasteiger partial charge >= 0.3 is 0 Å². The molecule has 1 saturated carbocycles. The highest BCUT2D eigenvalue weighted by Gasteiger charge is 2.28. The van der Waals surface area contributed by atoms with Crippen LogP contribution < -0.4 is 5.73 Å². The van der Waals surface area contributed by atoms with Gasteiger partial charge in [0.05, 0.1) is 13.1 Å². The Labute approximate surface area is 137 Å². The van der Waals surface area contributed by atoms with Gasteiger partial charge in [-0.2, -0.15) is 0 Å². The number of carbonyl (C=O) groups is 2. The molecule has 0 atom stereocenters. The van der Waals surface area contributed by atoms with Crippen molar-refractivity contribution in [2.24, 2.45) is 5.73 Å². The number of hydrogen-bond acceptors (Lipinski definition) is 3. The monoisotopic (exact) mass is 315 g/mol. The highest BCUT2D eigenvalue weighted by molar-refractivity contribution is 5.80. The number of primary amides is 1. The molecule has 1 fully saturated rings. The second-order valence-corrected chi connectivity index (χ2v) is 6.64. The molecule has 0 radical (unpaired) electrons. The van der Waals surface area contributed by atoms with Gasteiger partial charge in [0.15, 0.2) is 0 Å². The van der Waals surface area contributed by atoms with Gasteiger partial charge in [-0.05, 0) is 30.4 Å². The summed E-state index contributed by atoms with van der Waals surface area (Å²) in [5.74, 6) is -0.249. The predicted octanol–water partition coefficient (Wildman–Crippen LogP) is 1.30. The van der Waals surface area contributed by atoms with Gasteiger partial charge in [0.25, 0.3) is 0 Å². The Hall–Kier alpha value is -1.88. The lowest BCUT2D eigenvalue weighted by Crippen LogP contribution is -2.48. The third-order valence-electron chi connectivity index (χ3n) is 5.02. The molecule has 0 saturated heterocycles. The van der Waals surface area contributed by atoms with Crippen LogP contribution in [0, 0.1) is 0 Å². The lowest BCUT2D eigenvalue weighted by molar-refractivity contribution is -0.134. The van der Waals surface area contributed by atoms with Gasteiger partial charge in [0.1, 0.15) is 0 Å². The van der Waals surface area contributed by atoms with Crippen LogP contribution in [0.3, 0.4) is 0 Å². The molecule has 124 valence electrons. The number of benzene rings is 1. The third-order valence-corrected chi connectivity index (χ3v) is 5.02. The van der Waals surface area contributed by atoms with Crippen LogP contribution in [0.15, 0.2) is 24.3 Å². The van der Waals surface area contributed by atoms with E-state index in [9.17, 15) is 9.59 Å². The number of rotatable bonds is 5. The van der Waals surface area contributed by atoms with Crippen molar-refractivity contribution in [3.05, 3.63) is 35.4 Å². The summed E-state index contributed by atoms with van der Waals surface area (Å²) >= 11 is 0. The van der Waals surface area contributed by atoms with E-state index in [1.54, 1.807) is 0 Å². The summed E-state index contributed by atoms with van der Waals surface area (Å²) in [6.45, 7) is 1.91. The van der Waals surface area contributed by atoms with E-state index in [2.05, 4.69) is 12.1 Å². The van der Waals surface area contributed by atoms with Crippen LogP contribution in [0.25, 0.3) is 0 Å². The van der Waals surface area contributed by atoms with E-state index in [0.717, 1.165) is 25.8 Å². The lowest BCUT2D eigenvalue weighted by Gasteiger charge is -2.33. The van der Waals surface area contributed by atoms with Crippen LogP contribution in [0.5, 0.6) is 0 Å². The first-order valence-corrected chi connectivity index (χ1v) is 8.50. The van der Waals surface area contributed by atoms with Crippen LogP contribution in [0.4, 0.5) is 0 Å². The molecule has 0 unspecified atom stereocenters. The molecular formula is C18H25N3O2. The maximum Gasteiger partial charge on any atom is 0.237 e. The fourth-order valence-corrected chi connectivity index (χ4v) is 3.77. The molecule has 1 aliphatic heterocycles. The van der Waals surface area contributed by atoms with Crippen molar-refractivity contribution in [1.29, 1.82) is 0 Å². The normalized spacial score (nSPS) is 18.2. The van der Waals surface area contributed by atoms with Crippen molar-refractivity contribution in [3.8, 4) is 0 Å². The Morgan fingerprint density at radius 3 is 2.52 bits per heavy atom. The van der Waals surface area contributed by atoms with Crippen molar-refractivity contribution in [2.75, 3.05) is 19.6 Å². The van der Waals surface area contributed by atoms with E-state index in [1.807, 2.05) is 21.9 Å². The summed E-state index contributed by atoms with van der Waals surface area (Å²) in [6, 6.07) is 8.61. The standard InChI is InChI=1S/C18H25N3O2/c19-17(22)12-21(16-7-3-4-8-16)13-18(23)20-10-9-14-5-1-2-6-15(14)11-20/h1-2,5-6,16H,3-4,7-13H2,(H2,19,22). The Morgan fingerprint density at radius 1 is 1.13 bits per heavy atom. The Kier molecular flexibility index (Phi) is 4.96. The molecule has 3 rings (SSSR count). The minimum Gasteiger partial charge on any atom is -0.369 e. The highest BCUT2D eigenvalue weighted by atomic mass is 16.2. The Balaban J connectivity index is 1.63. The molecule has 0 bridgehead atoms. The van der Waals surface area contributed by atoms with E-state index >= 15 is 0 Å². The average molecular weight is 315 g/mol. The minimum atomic E-state index is -0.353. The summed E-state index contributed by atoms with van der Waals surface area (Å²) in [4.78, 5) is 27.9. The molecule has 0 spiro atoms. The predicted molar refractivity (Wildman–Crippen MR) is 88.6 cm³/mol. The molecule has 1 aliphatic carbocycles. The molecule has 2 amide bonds. The molecule has 1 heterocycles. The van der Waals surface area contributed by atoms with Crippen LogP contribution in [0.1, 0.15) is 36.8 Å². The van der Waals surface area contributed by atoms with Crippen LogP contribution in [0.2, 0.25) is 0 Å². The quantitative estimate of drug-likeness (QED) is 0.890. The third kappa shape index (κ3) is 3.91. The Bertz CT molecular complexity index is 581. The van der Waals surface area contributed by atoms with E-state index in [0.29, 0.717) is 19.1 Å². The van der Waals surface area contributed by atoms with Gasteiger partial charge in [-0.15, -0.1) is 0 Å². The topological polar surface area (TPSA) is 66.6 Å². The van der Waals surface area contributed by atoms with Gasteiger partial charge in [0, 0.05) is 19.1 Å². The maximum absolute atomic E-state index is 12.7. The van der Waals surface area contributed by atoms with Crippen molar-refractivity contribution < 1.29 is 9.59 Å². The zero-order valence-electron chi connectivity index (χ0n) is 13.5. The molecule has 5 nitrogen and oxygen atoms in total. The van der Waals surface area contributed by atoms with Crippen LogP contribution >= 0.6 is 0 Å².